The molecular weight excluding hydrogens is 274 g/mol. The van der Waals surface area contributed by atoms with Gasteiger partial charge >= 0.3 is 0 Å². The maximum atomic E-state index is 12.5. The van der Waals surface area contributed by atoms with Gasteiger partial charge in [0.05, 0.1) is 0 Å². The average molecular weight is 295 g/mol. The van der Waals surface area contributed by atoms with Gasteiger partial charge in [-0.25, -0.2) is 4.98 Å². The van der Waals surface area contributed by atoms with Crippen molar-refractivity contribution in [1.82, 2.24) is 9.88 Å². The van der Waals surface area contributed by atoms with Crippen LogP contribution in [0.4, 0.5) is 5.13 Å². The monoisotopic (exact) mass is 295 g/mol. The summed E-state index contributed by atoms with van der Waals surface area (Å²) in [5.41, 5.74) is 0. The molecule has 1 aliphatic heterocycles. The predicted octanol–water partition coefficient (Wildman–Crippen LogP) is 1.61. The van der Waals surface area contributed by atoms with Gasteiger partial charge in [-0.15, -0.1) is 11.3 Å². The summed E-state index contributed by atoms with van der Waals surface area (Å²) in [6.45, 7) is 3.43. The van der Waals surface area contributed by atoms with Crippen molar-refractivity contribution >= 4 is 22.4 Å². The molecule has 2 fully saturated rings. The molecule has 1 saturated heterocycles. The molecule has 1 saturated carbocycles. The first kappa shape index (κ1) is 13.8. The standard InChI is InChI=1S/C14H21N3O2S/c1-19-12(11-3-4-11)13(18)16-6-2-7-17(9-8-16)14-15-5-10-20-14/h5,10-12H,2-4,6-9H2,1H3/t12-/m0/s1. The number of anilines is 1. The molecule has 1 aromatic rings. The van der Waals surface area contributed by atoms with Crippen molar-refractivity contribution in [3.63, 3.8) is 0 Å². The number of carbonyl (C=O) groups excluding carboxylic acids is 1. The van der Waals surface area contributed by atoms with Gasteiger partial charge in [-0.3, -0.25) is 4.79 Å². The number of thiazole rings is 1. The quantitative estimate of drug-likeness (QED) is 0.846. The third kappa shape index (κ3) is 2.96. The molecule has 20 heavy (non-hydrogen) atoms. The Morgan fingerprint density at radius 3 is 2.90 bits per heavy atom. The van der Waals surface area contributed by atoms with Crippen LogP contribution >= 0.6 is 11.3 Å². The molecule has 2 heterocycles. The molecule has 0 N–H and O–H groups in total. The maximum absolute atomic E-state index is 12.5. The molecule has 1 atom stereocenters. The van der Waals surface area contributed by atoms with Crippen molar-refractivity contribution in [2.45, 2.75) is 25.4 Å². The number of aromatic nitrogens is 1. The van der Waals surface area contributed by atoms with Crippen LogP contribution in [0.3, 0.4) is 0 Å². The van der Waals surface area contributed by atoms with Gasteiger partial charge in [0.25, 0.3) is 5.91 Å². The highest BCUT2D eigenvalue weighted by atomic mass is 32.1. The van der Waals surface area contributed by atoms with Crippen LogP contribution in [0.5, 0.6) is 0 Å². The van der Waals surface area contributed by atoms with Crippen molar-refractivity contribution in [3.05, 3.63) is 11.6 Å². The Labute approximate surface area is 123 Å². The SMILES string of the molecule is CO[C@H](C(=O)N1CCCN(c2nccs2)CC1)C1CC1. The Bertz CT molecular complexity index is 447. The molecule has 1 aromatic heterocycles. The fourth-order valence-corrected chi connectivity index (χ4v) is 3.47. The fourth-order valence-electron chi connectivity index (χ4n) is 2.78. The van der Waals surface area contributed by atoms with E-state index in [1.54, 1.807) is 18.4 Å². The lowest BCUT2D eigenvalue weighted by atomic mass is 10.2. The highest BCUT2D eigenvalue weighted by molar-refractivity contribution is 7.13. The summed E-state index contributed by atoms with van der Waals surface area (Å²) >= 11 is 1.66. The number of rotatable bonds is 4. The fraction of sp³-hybridized carbons (Fsp3) is 0.714. The van der Waals surface area contributed by atoms with Gasteiger partial charge in [-0.2, -0.15) is 0 Å². The van der Waals surface area contributed by atoms with E-state index < -0.39 is 0 Å². The first-order chi connectivity index (χ1) is 9.79. The smallest absolute Gasteiger partial charge is 0.252 e. The lowest BCUT2D eigenvalue weighted by molar-refractivity contribution is -0.143. The van der Waals surface area contributed by atoms with E-state index in [0.717, 1.165) is 50.6 Å². The van der Waals surface area contributed by atoms with Gasteiger partial charge in [0, 0.05) is 44.9 Å². The van der Waals surface area contributed by atoms with E-state index in [1.165, 1.54) is 0 Å². The lowest BCUT2D eigenvalue weighted by Crippen LogP contribution is -2.43. The minimum absolute atomic E-state index is 0.177. The van der Waals surface area contributed by atoms with Crippen molar-refractivity contribution in [2.75, 3.05) is 38.2 Å². The van der Waals surface area contributed by atoms with Gasteiger partial charge in [0.1, 0.15) is 6.10 Å². The second kappa shape index (κ2) is 6.10. The zero-order valence-electron chi connectivity index (χ0n) is 11.8. The van der Waals surface area contributed by atoms with Crippen LogP contribution in [-0.4, -0.2) is 55.2 Å². The first-order valence-electron chi connectivity index (χ1n) is 7.25. The van der Waals surface area contributed by atoms with Crippen molar-refractivity contribution in [1.29, 1.82) is 0 Å². The summed E-state index contributed by atoms with van der Waals surface area (Å²) in [5.74, 6) is 0.627. The van der Waals surface area contributed by atoms with Crippen LogP contribution in [-0.2, 0) is 9.53 Å². The summed E-state index contributed by atoms with van der Waals surface area (Å²) in [4.78, 5) is 21.1. The highest BCUT2D eigenvalue weighted by Gasteiger charge is 2.38. The van der Waals surface area contributed by atoms with Gasteiger partial charge in [-0.05, 0) is 25.2 Å². The maximum Gasteiger partial charge on any atom is 0.252 e. The van der Waals surface area contributed by atoms with Crippen molar-refractivity contribution in [3.8, 4) is 0 Å². The molecule has 110 valence electrons. The first-order valence-corrected chi connectivity index (χ1v) is 8.13. The largest absolute Gasteiger partial charge is 0.371 e. The van der Waals surface area contributed by atoms with Crippen molar-refractivity contribution < 1.29 is 9.53 Å². The summed E-state index contributed by atoms with van der Waals surface area (Å²) in [6, 6.07) is 0. The van der Waals surface area contributed by atoms with Crippen LogP contribution in [0, 0.1) is 5.92 Å². The number of ether oxygens (including phenoxy) is 1. The Balaban J connectivity index is 1.60. The number of hydrogen-bond acceptors (Lipinski definition) is 5. The topological polar surface area (TPSA) is 45.7 Å². The molecule has 0 radical (unpaired) electrons. The third-order valence-corrected chi connectivity index (χ3v) is 4.88. The van der Waals surface area contributed by atoms with Crippen LogP contribution in [0.1, 0.15) is 19.3 Å². The summed E-state index contributed by atoms with van der Waals surface area (Å²) in [5, 5.41) is 3.06. The van der Waals surface area contributed by atoms with Gasteiger partial charge in [0.15, 0.2) is 5.13 Å². The minimum Gasteiger partial charge on any atom is -0.371 e. The minimum atomic E-state index is -0.221. The van der Waals surface area contributed by atoms with E-state index in [-0.39, 0.29) is 12.0 Å². The number of carbonyl (C=O) groups is 1. The van der Waals surface area contributed by atoms with E-state index in [9.17, 15) is 4.79 Å². The molecule has 5 nitrogen and oxygen atoms in total. The highest BCUT2D eigenvalue weighted by Crippen LogP contribution is 2.35. The normalized spacial score (nSPS) is 21.6. The molecule has 6 heteroatoms. The molecular formula is C14H21N3O2S. The van der Waals surface area contributed by atoms with Crippen LogP contribution in [0.25, 0.3) is 0 Å². The van der Waals surface area contributed by atoms with Gasteiger partial charge < -0.3 is 14.5 Å². The zero-order valence-corrected chi connectivity index (χ0v) is 12.6. The second-order valence-corrected chi connectivity index (χ2v) is 6.35. The zero-order chi connectivity index (χ0) is 13.9. The van der Waals surface area contributed by atoms with E-state index in [4.69, 9.17) is 4.74 Å². The van der Waals surface area contributed by atoms with Gasteiger partial charge in [-0.1, -0.05) is 0 Å². The second-order valence-electron chi connectivity index (χ2n) is 5.47. The van der Waals surface area contributed by atoms with Crippen LogP contribution in [0.2, 0.25) is 0 Å². The Morgan fingerprint density at radius 2 is 2.25 bits per heavy atom. The molecule has 0 unspecified atom stereocenters. The van der Waals surface area contributed by atoms with Crippen LogP contribution < -0.4 is 4.90 Å². The molecule has 2 aliphatic rings. The Kier molecular flexibility index (Phi) is 4.21. The molecule has 1 aliphatic carbocycles. The van der Waals surface area contributed by atoms with E-state index in [1.807, 2.05) is 16.5 Å². The molecule has 0 aromatic carbocycles. The molecule has 3 rings (SSSR count). The third-order valence-electron chi connectivity index (χ3n) is 4.04. The Hall–Kier alpha value is -1.14. The Morgan fingerprint density at radius 1 is 1.40 bits per heavy atom. The lowest BCUT2D eigenvalue weighted by Gasteiger charge is -2.25. The van der Waals surface area contributed by atoms with E-state index in [0.29, 0.717) is 5.92 Å². The predicted molar refractivity (Wildman–Crippen MR) is 79.0 cm³/mol. The number of nitrogens with zero attached hydrogens (tertiary/aromatic N) is 3. The van der Waals surface area contributed by atoms with Gasteiger partial charge in [0.2, 0.25) is 0 Å². The number of hydrogen-bond donors (Lipinski definition) is 0. The summed E-state index contributed by atoms with van der Waals surface area (Å²) < 4.78 is 5.41. The van der Waals surface area contributed by atoms with E-state index >= 15 is 0 Å². The van der Waals surface area contributed by atoms with Crippen LogP contribution in [0.15, 0.2) is 11.6 Å². The molecule has 0 bridgehead atoms. The number of methoxy groups -OCH3 is 1. The average Bonchev–Trinajstić information content (AvgIpc) is 3.20. The van der Waals surface area contributed by atoms with Crippen molar-refractivity contribution in [2.24, 2.45) is 5.92 Å². The molecule has 0 spiro atoms. The van der Waals surface area contributed by atoms with E-state index in [2.05, 4.69) is 9.88 Å². The summed E-state index contributed by atoms with van der Waals surface area (Å²) in [6.07, 6.45) is 4.86. The summed E-state index contributed by atoms with van der Waals surface area (Å²) in [7, 11) is 1.65. The number of amides is 1. The molecule has 1 amide bonds.